The number of rotatable bonds is 3. The van der Waals surface area contributed by atoms with E-state index in [-0.39, 0.29) is 19.0 Å². The molecule has 2 atom stereocenters. The van der Waals surface area contributed by atoms with Gasteiger partial charge in [0, 0.05) is 26.6 Å². The second-order valence-corrected chi connectivity index (χ2v) is 5.02. The van der Waals surface area contributed by atoms with E-state index >= 15 is 0 Å². The Bertz CT molecular complexity index is 491. The molecule has 2 amide bonds. The number of amides is 2. The van der Waals surface area contributed by atoms with Crippen molar-refractivity contribution in [2.75, 3.05) is 13.6 Å². The van der Waals surface area contributed by atoms with E-state index in [1.807, 2.05) is 30.3 Å². The first-order valence-corrected chi connectivity index (χ1v) is 6.45. The Labute approximate surface area is 117 Å². The van der Waals surface area contributed by atoms with Crippen molar-refractivity contribution in [3.63, 3.8) is 0 Å². The molecule has 6 heteroatoms. The van der Waals surface area contributed by atoms with E-state index in [1.54, 1.807) is 7.05 Å². The second-order valence-electron chi connectivity index (χ2n) is 5.02. The maximum atomic E-state index is 12.3. The Morgan fingerprint density at radius 3 is 2.60 bits per heavy atom. The van der Waals surface area contributed by atoms with Gasteiger partial charge in [0.1, 0.15) is 6.04 Å². The number of carbonyl (C=O) groups excluding carboxylic acids is 1. The number of carbonyl (C=O) groups is 2. The van der Waals surface area contributed by atoms with Gasteiger partial charge >= 0.3 is 12.0 Å². The van der Waals surface area contributed by atoms with Crippen molar-refractivity contribution in [2.45, 2.75) is 25.1 Å². The average Bonchev–Trinajstić information content (AvgIpc) is 2.81. The number of nitrogens with zero attached hydrogens (tertiary/aromatic N) is 2. The van der Waals surface area contributed by atoms with E-state index in [0.29, 0.717) is 6.54 Å². The quantitative estimate of drug-likeness (QED) is 0.855. The monoisotopic (exact) mass is 278 g/mol. The molecule has 0 aromatic heterocycles. The summed E-state index contributed by atoms with van der Waals surface area (Å²) >= 11 is 0. The van der Waals surface area contributed by atoms with Crippen LogP contribution in [0.15, 0.2) is 30.3 Å². The van der Waals surface area contributed by atoms with E-state index in [1.165, 1.54) is 9.80 Å². The summed E-state index contributed by atoms with van der Waals surface area (Å²) in [5.41, 5.74) is 0.968. The fraction of sp³-hybridized carbons (Fsp3) is 0.429. The molecular weight excluding hydrogens is 260 g/mol. The molecule has 2 rings (SSSR count). The number of aliphatic hydroxyl groups excluding tert-OH is 1. The number of β-amino-alcohol motifs (C(OH)–C–C–N with tert-alkyl or cyclic N) is 1. The summed E-state index contributed by atoms with van der Waals surface area (Å²) in [6.07, 6.45) is -0.689. The molecule has 1 aromatic rings. The first kappa shape index (κ1) is 14.3. The first-order valence-electron chi connectivity index (χ1n) is 6.45. The fourth-order valence-electron chi connectivity index (χ4n) is 2.40. The number of aliphatic hydroxyl groups is 1. The van der Waals surface area contributed by atoms with Crippen LogP contribution in [0.2, 0.25) is 0 Å². The van der Waals surface area contributed by atoms with Crippen LogP contribution in [0.4, 0.5) is 4.79 Å². The number of hydrogen-bond acceptors (Lipinski definition) is 3. The summed E-state index contributed by atoms with van der Waals surface area (Å²) in [7, 11) is 1.62. The number of carboxylic acids is 1. The van der Waals surface area contributed by atoms with Gasteiger partial charge in [-0.25, -0.2) is 9.59 Å². The highest BCUT2D eigenvalue weighted by molar-refractivity contribution is 5.83. The minimum atomic E-state index is -1.08. The highest BCUT2D eigenvalue weighted by atomic mass is 16.4. The van der Waals surface area contributed by atoms with Gasteiger partial charge in [0.15, 0.2) is 0 Å². The summed E-state index contributed by atoms with van der Waals surface area (Å²) < 4.78 is 0. The molecule has 0 spiro atoms. The van der Waals surface area contributed by atoms with Crippen molar-refractivity contribution in [3.8, 4) is 0 Å². The average molecular weight is 278 g/mol. The maximum Gasteiger partial charge on any atom is 0.326 e. The van der Waals surface area contributed by atoms with Crippen LogP contribution in [0.5, 0.6) is 0 Å². The maximum absolute atomic E-state index is 12.3. The van der Waals surface area contributed by atoms with Crippen LogP contribution < -0.4 is 0 Å². The Morgan fingerprint density at radius 2 is 2.00 bits per heavy atom. The number of carboxylic acid groups (broad SMARTS) is 1. The minimum absolute atomic E-state index is 0.0644. The third-order valence-electron chi connectivity index (χ3n) is 3.40. The molecule has 1 unspecified atom stereocenters. The lowest BCUT2D eigenvalue weighted by Crippen LogP contribution is -2.46. The molecule has 0 saturated carbocycles. The van der Waals surface area contributed by atoms with Gasteiger partial charge < -0.3 is 20.0 Å². The van der Waals surface area contributed by atoms with Gasteiger partial charge in [-0.3, -0.25) is 0 Å². The third-order valence-corrected chi connectivity index (χ3v) is 3.40. The molecule has 2 N–H and O–H groups in total. The van der Waals surface area contributed by atoms with Crippen LogP contribution in [0, 0.1) is 0 Å². The highest BCUT2D eigenvalue weighted by Crippen LogP contribution is 2.20. The molecule has 1 fully saturated rings. The Hall–Kier alpha value is -2.08. The SMILES string of the molecule is CN(Cc1ccccc1)C(=O)N1CC(O)C[C@H]1C(=O)O. The van der Waals surface area contributed by atoms with E-state index in [2.05, 4.69) is 0 Å². The predicted octanol–water partition coefficient (Wildman–Crippen LogP) is 0.758. The van der Waals surface area contributed by atoms with E-state index < -0.39 is 18.1 Å². The van der Waals surface area contributed by atoms with Gasteiger partial charge in [-0.2, -0.15) is 0 Å². The van der Waals surface area contributed by atoms with Gasteiger partial charge in [0.25, 0.3) is 0 Å². The van der Waals surface area contributed by atoms with Gasteiger partial charge in [-0.15, -0.1) is 0 Å². The van der Waals surface area contributed by atoms with Crippen LogP contribution >= 0.6 is 0 Å². The lowest BCUT2D eigenvalue weighted by Gasteiger charge is -2.27. The van der Waals surface area contributed by atoms with Gasteiger partial charge in [-0.05, 0) is 5.56 Å². The molecule has 0 aliphatic carbocycles. The molecular formula is C14H18N2O4. The zero-order chi connectivity index (χ0) is 14.7. The predicted molar refractivity (Wildman–Crippen MR) is 72.1 cm³/mol. The molecule has 1 heterocycles. The van der Waals surface area contributed by atoms with E-state index in [9.17, 15) is 14.7 Å². The standard InChI is InChI=1S/C14H18N2O4/c1-15(8-10-5-3-2-4-6-10)14(20)16-9-11(17)7-12(16)13(18)19/h2-6,11-12,17H,7-9H2,1H3,(H,18,19)/t11?,12-/m0/s1. The van der Waals surface area contributed by atoms with Crippen molar-refractivity contribution >= 4 is 12.0 Å². The van der Waals surface area contributed by atoms with Crippen LogP contribution in [-0.2, 0) is 11.3 Å². The zero-order valence-electron chi connectivity index (χ0n) is 11.3. The van der Waals surface area contributed by atoms with Crippen LogP contribution in [0.25, 0.3) is 0 Å². The number of likely N-dealkylation sites (tertiary alicyclic amines) is 1. The molecule has 1 saturated heterocycles. The second kappa shape index (κ2) is 5.92. The van der Waals surface area contributed by atoms with E-state index in [0.717, 1.165) is 5.56 Å². The molecule has 1 aliphatic rings. The first-order chi connectivity index (χ1) is 9.49. The number of aliphatic carboxylic acids is 1. The lowest BCUT2D eigenvalue weighted by atomic mass is 10.2. The number of urea groups is 1. The van der Waals surface area contributed by atoms with Crippen LogP contribution in [0.1, 0.15) is 12.0 Å². The van der Waals surface area contributed by atoms with Gasteiger partial charge in [0.05, 0.1) is 6.10 Å². The molecule has 20 heavy (non-hydrogen) atoms. The lowest BCUT2D eigenvalue weighted by molar-refractivity contribution is -0.141. The number of benzene rings is 1. The van der Waals surface area contributed by atoms with Crippen molar-refractivity contribution in [1.82, 2.24) is 9.80 Å². The van der Waals surface area contributed by atoms with Gasteiger partial charge in [0.2, 0.25) is 0 Å². The molecule has 1 aliphatic heterocycles. The van der Waals surface area contributed by atoms with E-state index in [4.69, 9.17) is 5.11 Å². The largest absolute Gasteiger partial charge is 0.480 e. The van der Waals surface area contributed by atoms with Crippen molar-refractivity contribution < 1.29 is 19.8 Å². The van der Waals surface area contributed by atoms with Crippen LogP contribution in [0.3, 0.4) is 0 Å². The van der Waals surface area contributed by atoms with Crippen molar-refractivity contribution in [2.24, 2.45) is 0 Å². The number of hydrogen-bond donors (Lipinski definition) is 2. The summed E-state index contributed by atoms with van der Waals surface area (Å²) in [4.78, 5) is 26.1. The fourth-order valence-corrected chi connectivity index (χ4v) is 2.40. The van der Waals surface area contributed by atoms with Gasteiger partial charge in [-0.1, -0.05) is 30.3 Å². The molecule has 6 nitrogen and oxygen atoms in total. The normalized spacial score (nSPS) is 21.8. The smallest absolute Gasteiger partial charge is 0.326 e. The molecule has 1 aromatic carbocycles. The molecule has 108 valence electrons. The molecule has 0 bridgehead atoms. The summed E-state index contributed by atoms with van der Waals surface area (Å²) in [6, 6.07) is 8.13. The Morgan fingerprint density at radius 1 is 1.35 bits per heavy atom. The summed E-state index contributed by atoms with van der Waals surface area (Å²) in [6.45, 7) is 0.466. The zero-order valence-corrected chi connectivity index (χ0v) is 11.3. The summed E-state index contributed by atoms with van der Waals surface area (Å²) in [5.74, 6) is -1.08. The highest BCUT2D eigenvalue weighted by Gasteiger charge is 2.39. The van der Waals surface area contributed by atoms with Crippen molar-refractivity contribution in [3.05, 3.63) is 35.9 Å². The minimum Gasteiger partial charge on any atom is -0.480 e. The summed E-state index contributed by atoms with van der Waals surface area (Å²) in [5, 5.41) is 18.7. The van der Waals surface area contributed by atoms with Crippen molar-refractivity contribution in [1.29, 1.82) is 0 Å². The topological polar surface area (TPSA) is 81.1 Å². The van der Waals surface area contributed by atoms with Crippen LogP contribution in [-0.4, -0.2) is 57.8 Å². The Balaban J connectivity index is 2.04. The third kappa shape index (κ3) is 3.08. The molecule has 0 radical (unpaired) electrons. The Kier molecular flexibility index (Phi) is 4.24.